The molecular weight excluding hydrogens is 227 g/mol. The van der Waals surface area contributed by atoms with Crippen LogP contribution in [0.15, 0.2) is 36.4 Å². The van der Waals surface area contributed by atoms with E-state index in [0.717, 1.165) is 18.2 Å². The Labute approximate surface area is 95.7 Å². The Bertz CT molecular complexity index is 615. The largest absolute Gasteiger partial charge is 0.206 e. The molecule has 0 amide bonds. The summed E-state index contributed by atoms with van der Waals surface area (Å²) in [7, 11) is 0. The second-order valence-electron chi connectivity index (χ2n) is 3.40. The highest BCUT2D eigenvalue weighted by Crippen LogP contribution is 2.26. The van der Waals surface area contributed by atoms with Gasteiger partial charge in [0, 0.05) is 5.56 Å². The number of nitrogens with zero attached hydrogens (tertiary/aromatic N) is 1. The molecule has 0 fully saturated rings. The lowest BCUT2D eigenvalue weighted by molar-refractivity contribution is 0.509. The number of hydrogen-bond donors (Lipinski definition) is 0. The van der Waals surface area contributed by atoms with Crippen LogP contribution in [0, 0.1) is 28.8 Å². The fourth-order valence-electron chi connectivity index (χ4n) is 1.54. The topological polar surface area (TPSA) is 23.8 Å². The molecule has 0 spiro atoms. The molecule has 0 aliphatic rings. The monoisotopic (exact) mass is 233 g/mol. The summed E-state index contributed by atoms with van der Waals surface area (Å²) < 4.78 is 39.1. The molecule has 0 aliphatic carbocycles. The summed E-state index contributed by atoms with van der Waals surface area (Å²) >= 11 is 0. The second-order valence-corrected chi connectivity index (χ2v) is 3.40. The van der Waals surface area contributed by atoms with Crippen molar-refractivity contribution in [2.45, 2.75) is 0 Å². The maximum Gasteiger partial charge on any atom is 0.159 e. The average Bonchev–Trinajstić information content (AvgIpc) is 2.32. The molecule has 1 nitrogen and oxygen atoms in total. The van der Waals surface area contributed by atoms with Gasteiger partial charge < -0.3 is 0 Å². The number of halogens is 3. The molecule has 0 aromatic heterocycles. The van der Waals surface area contributed by atoms with E-state index in [9.17, 15) is 13.2 Å². The van der Waals surface area contributed by atoms with Gasteiger partial charge >= 0.3 is 0 Å². The first kappa shape index (κ1) is 11.2. The SMILES string of the molecule is N#Cc1c(F)cccc1-c1ccc(F)c(F)c1. The molecule has 0 radical (unpaired) electrons. The van der Waals surface area contributed by atoms with Gasteiger partial charge in [0.1, 0.15) is 11.9 Å². The Morgan fingerprint density at radius 3 is 2.29 bits per heavy atom. The third-order valence-electron chi connectivity index (χ3n) is 2.36. The average molecular weight is 233 g/mol. The highest BCUT2D eigenvalue weighted by molar-refractivity contribution is 5.70. The minimum atomic E-state index is -1.03. The molecular formula is C13H6F3N. The minimum Gasteiger partial charge on any atom is -0.206 e. The van der Waals surface area contributed by atoms with Crippen LogP contribution in [-0.2, 0) is 0 Å². The predicted octanol–water partition coefficient (Wildman–Crippen LogP) is 3.64. The van der Waals surface area contributed by atoms with E-state index in [2.05, 4.69) is 0 Å². The van der Waals surface area contributed by atoms with Gasteiger partial charge in [-0.1, -0.05) is 18.2 Å². The quantitative estimate of drug-likeness (QED) is 0.737. The lowest BCUT2D eigenvalue weighted by atomic mass is 10.00. The Morgan fingerprint density at radius 2 is 1.65 bits per heavy atom. The van der Waals surface area contributed by atoms with Gasteiger partial charge in [-0.25, -0.2) is 13.2 Å². The maximum atomic E-state index is 13.3. The van der Waals surface area contributed by atoms with Crippen molar-refractivity contribution < 1.29 is 13.2 Å². The summed E-state index contributed by atoms with van der Waals surface area (Å²) in [5, 5.41) is 8.83. The zero-order valence-corrected chi connectivity index (χ0v) is 8.55. The number of nitriles is 1. The third kappa shape index (κ3) is 2.00. The summed E-state index contributed by atoms with van der Waals surface area (Å²) in [5.74, 6) is -2.70. The summed E-state index contributed by atoms with van der Waals surface area (Å²) in [6.45, 7) is 0. The van der Waals surface area contributed by atoms with Crippen molar-refractivity contribution in [2.24, 2.45) is 0 Å². The minimum absolute atomic E-state index is 0.182. The van der Waals surface area contributed by atoms with E-state index in [4.69, 9.17) is 5.26 Å². The molecule has 0 atom stereocenters. The third-order valence-corrected chi connectivity index (χ3v) is 2.36. The molecule has 0 bridgehead atoms. The van der Waals surface area contributed by atoms with E-state index in [0.29, 0.717) is 0 Å². The van der Waals surface area contributed by atoms with Gasteiger partial charge in [0.2, 0.25) is 0 Å². The van der Waals surface area contributed by atoms with Crippen molar-refractivity contribution in [1.82, 2.24) is 0 Å². The Balaban J connectivity index is 2.65. The van der Waals surface area contributed by atoms with Gasteiger partial charge in [-0.3, -0.25) is 0 Å². The van der Waals surface area contributed by atoms with Crippen molar-refractivity contribution in [3.8, 4) is 17.2 Å². The Kier molecular flexibility index (Phi) is 2.84. The maximum absolute atomic E-state index is 13.3. The van der Waals surface area contributed by atoms with Crippen LogP contribution in [0.4, 0.5) is 13.2 Å². The molecule has 0 saturated carbocycles. The lowest BCUT2D eigenvalue weighted by Gasteiger charge is -2.05. The fourth-order valence-corrected chi connectivity index (χ4v) is 1.54. The Hall–Kier alpha value is -2.28. The molecule has 2 rings (SSSR count). The normalized spacial score (nSPS) is 10.0. The second kappa shape index (κ2) is 4.30. The van der Waals surface area contributed by atoms with Crippen LogP contribution >= 0.6 is 0 Å². The standard InChI is InChI=1S/C13H6F3N/c14-11-3-1-2-9(10(11)7-17)8-4-5-12(15)13(16)6-8/h1-6H. The van der Waals surface area contributed by atoms with Crippen LogP contribution < -0.4 is 0 Å². The van der Waals surface area contributed by atoms with Crippen LogP contribution in [0.25, 0.3) is 11.1 Å². The number of benzene rings is 2. The molecule has 0 aliphatic heterocycles. The van der Waals surface area contributed by atoms with Crippen molar-refractivity contribution in [3.05, 3.63) is 59.4 Å². The molecule has 2 aromatic rings. The highest BCUT2D eigenvalue weighted by Gasteiger charge is 2.11. The molecule has 0 heterocycles. The summed E-state index contributed by atoms with van der Waals surface area (Å²) in [5.41, 5.74) is 0.324. The number of hydrogen-bond acceptors (Lipinski definition) is 1. The first-order chi connectivity index (χ1) is 8.13. The van der Waals surface area contributed by atoms with E-state index in [1.54, 1.807) is 6.07 Å². The van der Waals surface area contributed by atoms with Crippen molar-refractivity contribution >= 4 is 0 Å². The molecule has 84 valence electrons. The first-order valence-electron chi connectivity index (χ1n) is 4.77. The van der Waals surface area contributed by atoms with Gasteiger partial charge in [-0.05, 0) is 23.8 Å². The van der Waals surface area contributed by atoms with Crippen LogP contribution in [0.2, 0.25) is 0 Å². The number of rotatable bonds is 1. The van der Waals surface area contributed by atoms with Gasteiger partial charge in [0.25, 0.3) is 0 Å². The molecule has 0 N–H and O–H groups in total. The zero-order chi connectivity index (χ0) is 12.4. The zero-order valence-electron chi connectivity index (χ0n) is 8.55. The van der Waals surface area contributed by atoms with Gasteiger partial charge in [0.15, 0.2) is 11.6 Å². The molecule has 2 aromatic carbocycles. The van der Waals surface area contributed by atoms with Crippen LogP contribution in [0.1, 0.15) is 5.56 Å². The summed E-state index contributed by atoms with van der Waals surface area (Å²) in [4.78, 5) is 0. The van der Waals surface area contributed by atoms with E-state index in [1.165, 1.54) is 18.2 Å². The molecule has 0 unspecified atom stereocenters. The van der Waals surface area contributed by atoms with Crippen LogP contribution in [0.3, 0.4) is 0 Å². The van der Waals surface area contributed by atoms with E-state index >= 15 is 0 Å². The van der Waals surface area contributed by atoms with Gasteiger partial charge in [-0.15, -0.1) is 0 Å². The fraction of sp³-hybridized carbons (Fsp3) is 0. The molecule has 17 heavy (non-hydrogen) atoms. The van der Waals surface area contributed by atoms with Gasteiger partial charge in [-0.2, -0.15) is 5.26 Å². The van der Waals surface area contributed by atoms with Crippen molar-refractivity contribution in [3.63, 3.8) is 0 Å². The lowest BCUT2D eigenvalue weighted by Crippen LogP contribution is -1.91. The highest BCUT2D eigenvalue weighted by atomic mass is 19.2. The molecule has 0 saturated heterocycles. The van der Waals surface area contributed by atoms with Crippen molar-refractivity contribution in [2.75, 3.05) is 0 Å². The van der Waals surface area contributed by atoms with E-state index < -0.39 is 17.5 Å². The van der Waals surface area contributed by atoms with Gasteiger partial charge in [0.05, 0.1) is 5.56 Å². The van der Waals surface area contributed by atoms with E-state index in [1.807, 2.05) is 0 Å². The van der Waals surface area contributed by atoms with Crippen LogP contribution in [0.5, 0.6) is 0 Å². The Morgan fingerprint density at radius 1 is 0.882 bits per heavy atom. The predicted molar refractivity (Wildman–Crippen MR) is 56.5 cm³/mol. The summed E-state index contributed by atoms with van der Waals surface area (Å²) in [6.07, 6.45) is 0. The van der Waals surface area contributed by atoms with Crippen LogP contribution in [-0.4, -0.2) is 0 Å². The summed E-state index contributed by atoms with van der Waals surface area (Å²) in [6, 6.07) is 8.91. The van der Waals surface area contributed by atoms with Crippen molar-refractivity contribution in [1.29, 1.82) is 5.26 Å². The first-order valence-corrected chi connectivity index (χ1v) is 4.77. The van der Waals surface area contributed by atoms with E-state index in [-0.39, 0.29) is 16.7 Å². The molecule has 4 heteroatoms. The smallest absolute Gasteiger partial charge is 0.159 e.